The molecule has 0 atom stereocenters. The van der Waals surface area contributed by atoms with Crippen molar-refractivity contribution in [1.82, 2.24) is 20.2 Å². The number of aromatic amines is 2. The molecule has 2 aromatic heterocycles. The summed E-state index contributed by atoms with van der Waals surface area (Å²) in [6.45, 7) is 15.9. The van der Waals surface area contributed by atoms with Crippen LogP contribution >= 0.6 is 0 Å². The van der Waals surface area contributed by atoms with Crippen molar-refractivity contribution in [3.63, 3.8) is 0 Å². The highest BCUT2D eigenvalue weighted by Gasteiger charge is 2.28. The minimum atomic E-state index is -3.54. The number of carbonyl (C=O) groups is 4. The van der Waals surface area contributed by atoms with Crippen molar-refractivity contribution in [3.8, 4) is 0 Å². The summed E-state index contributed by atoms with van der Waals surface area (Å²) < 4.78 is 36.8. The number of aromatic carboxylic acids is 2. The van der Waals surface area contributed by atoms with Crippen LogP contribution in [0.15, 0.2) is 0 Å². The Hall–Kier alpha value is -3.73. The Kier molecular flexibility index (Phi) is 16.6. The second kappa shape index (κ2) is 19.6. The van der Waals surface area contributed by atoms with E-state index in [9.17, 15) is 27.6 Å². The fraction of sp³-hybridized carbons (Fsp3) is 0.647. The number of likely N-dealkylation sites (tertiary alicyclic amines) is 1. The first kappa shape index (κ1) is 42.4. The molecule has 0 bridgehead atoms. The van der Waals surface area contributed by atoms with Crippen molar-refractivity contribution in [2.75, 3.05) is 52.2 Å². The highest BCUT2D eigenvalue weighted by atomic mass is 32.2. The Morgan fingerprint density at radius 1 is 0.840 bits per heavy atom. The number of aryl methyl sites for hydroxylation is 2. The highest BCUT2D eigenvalue weighted by Crippen LogP contribution is 2.24. The number of carboxylic acid groups (broad SMARTS) is 2. The van der Waals surface area contributed by atoms with Crippen LogP contribution in [-0.4, -0.2) is 115 Å². The molecule has 0 amide bonds. The number of ether oxygens (including phenoxy) is 2. The number of carboxylic acids is 2. The van der Waals surface area contributed by atoms with Gasteiger partial charge in [0, 0.05) is 24.5 Å². The van der Waals surface area contributed by atoms with Crippen molar-refractivity contribution >= 4 is 34.0 Å². The summed E-state index contributed by atoms with van der Waals surface area (Å²) in [5.41, 5.74) is 1.64. The lowest BCUT2D eigenvalue weighted by molar-refractivity contribution is 0.00620. The molecule has 16 heteroatoms. The molecule has 2 aromatic rings. The number of hydrogen-bond donors (Lipinski definition) is 5. The predicted octanol–water partition coefficient (Wildman–Crippen LogP) is 4.09. The van der Waals surface area contributed by atoms with Crippen molar-refractivity contribution in [1.29, 1.82) is 0 Å². The molecule has 15 nitrogen and oxygen atoms in total. The standard InChI is InChI=1S/C23H39N3O4.C11H15NO7S/c1-6-29-21(27)19-17(2)20(22(28)30-23(3,4)5)25-18(19)11-10-12-24-13-16-26-14-8-7-9-15-26;1-6-8(10(13)14)7(12-9(6)11(15)16)4-3-5-19-20(2,17)18/h24-25H,6-16H2,1-5H3;12H,3-5H2,1-2H3,(H,13,14)(H,15,16). The molecular formula is C34H54N4O11S. The Bertz CT molecular complexity index is 1570. The molecule has 282 valence electrons. The summed E-state index contributed by atoms with van der Waals surface area (Å²) in [4.78, 5) is 55.3. The first-order chi connectivity index (χ1) is 23.4. The average molecular weight is 727 g/mol. The van der Waals surface area contributed by atoms with Gasteiger partial charge >= 0.3 is 23.9 Å². The molecule has 0 spiro atoms. The number of nitrogens with zero attached hydrogens (tertiary/aromatic N) is 1. The Morgan fingerprint density at radius 2 is 1.42 bits per heavy atom. The predicted molar refractivity (Wildman–Crippen MR) is 187 cm³/mol. The van der Waals surface area contributed by atoms with Gasteiger partial charge in [-0.05, 0) is 111 Å². The molecular weight excluding hydrogens is 672 g/mol. The van der Waals surface area contributed by atoms with Crippen LogP contribution in [0.5, 0.6) is 0 Å². The van der Waals surface area contributed by atoms with Crippen molar-refractivity contribution < 1.29 is 51.5 Å². The second-order valence-electron chi connectivity index (χ2n) is 13.2. The molecule has 5 N–H and O–H groups in total. The summed E-state index contributed by atoms with van der Waals surface area (Å²) in [6.07, 6.45) is 6.82. The summed E-state index contributed by atoms with van der Waals surface area (Å²) in [7, 11) is -3.54. The maximum absolute atomic E-state index is 12.6. The van der Waals surface area contributed by atoms with Gasteiger partial charge in [0.1, 0.15) is 17.0 Å². The van der Waals surface area contributed by atoms with Gasteiger partial charge in [0.2, 0.25) is 0 Å². The van der Waals surface area contributed by atoms with E-state index in [4.69, 9.17) is 19.7 Å². The monoisotopic (exact) mass is 726 g/mol. The van der Waals surface area contributed by atoms with E-state index in [0.29, 0.717) is 29.8 Å². The zero-order chi connectivity index (χ0) is 37.6. The smallest absolute Gasteiger partial charge is 0.355 e. The Morgan fingerprint density at radius 3 is 1.98 bits per heavy atom. The second-order valence-corrected chi connectivity index (χ2v) is 14.8. The minimum absolute atomic E-state index is 0.0956. The van der Waals surface area contributed by atoms with E-state index in [1.165, 1.54) is 39.3 Å². The fourth-order valence-electron chi connectivity index (χ4n) is 5.60. The summed E-state index contributed by atoms with van der Waals surface area (Å²) in [5.74, 6) is -3.32. The number of carbonyl (C=O) groups excluding carboxylic acids is 2. The minimum Gasteiger partial charge on any atom is -0.478 e. The zero-order valence-corrected chi connectivity index (χ0v) is 31.1. The van der Waals surface area contributed by atoms with Crippen LogP contribution in [0.25, 0.3) is 0 Å². The van der Waals surface area contributed by atoms with Gasteiger partial charge in [-0.15, -0.1) is 0 Å². The molecule has 0 aromatic carbocycles. The number of piperidine rings is 1. The van der Waals surface area contributed by atoms with Crippen molar-refractivity contribution in [2.24, 2.45) is 0 Å². The first-order valence-corrected chi connectivity index (χ1v) is 18.7. The lowest BCUT2D eigenvalue weighted by Gasteiger charge is -2.26. The van der Waals surface area contributed by atoms with Crippen LogP contribution in [-0.2, 0) is 36.6 Å². The number of nitrogens with one attached hydrogen (secondary N) is 3. The maximum atomic E-state index is 12.6. The van der Waals surface area contributed by atoms with E-state index in [1.807, 2.05) is 20.8 Å². The van der Waals surface area contributed by atoms with Gasteiger partial charge in [-0.1, -0.05) is 6.42 Å². The molecule has 1 aliphatic heterocycles. The molecule has 0 aliphatic carbocycles. The van der Waals surface area contributed by atoms with Crippen molar-refractivity contribution in [2.45, 2.75) is 92.1 Å². The summed E-state index contributed by atoms with van der Waals surface area (Å²) >= 11 is 0. The maximum Gasteiger partial charge on any atom is 0.355 e. The van der Waals surface area contributed by atoms with E-state index in [-0.39, 0.29) is 42.0 Å². The SMILES string of the molecule is CCOC(=O)c1c(CCCNCCN2CCCCC2)[nH]c(C(=O)OC(C)(C)C)c1C.Cc1c(C(=O)O)[nH]c(CCCOS(C)(=O)=O)c1C(=O)O. The normalized spacial score (nSPS) is 13.7. The van der Waals surface area contributed by atoms with Gasteiger partial charge in [-0.25, -0.2) is 19.2 Å². The first-order valence-electron chi connectivity index (χ1n) is 16.9. The number of aromatic nitrogens is 2. The largest absolute Gasteiger partial charge is 0.478 e. The Labute approximate surface area is 294 Å². The summed E-state index contributed by atoms with van der Waals surface area (Å²) in [6, 6.07) is 0. The van der Waals surface area contributed by atoms with Gasteiger partial charge in [0.25, 0.3) is 10.1 Å². The molecule has 0 radical (unpaired) electrons. The molecule has 1 aliphatic rings. The van der Waals surface area contributed by atoms with E-state index in [2.05, 4.69) is 24.4 Å². The fourth-order valence-corrected chi connectivity index (χ4v) is 6.02. The lowest BCUT2D eigenvalue weighted by atomic mass is 10.1. The van der Waals surface area contributed by atoms with E-state index < -0.39 is 39.6 Å². The molecule has 3 rings (SSSR count). The molecule has 1 fully saturated rings. The third-order valence-electron chi connectivity index (χ3n) is 7.87. The average Bonchev–Trinajstić information content (AvgIpc) is 3.53. The topological polar surface area (TPSA) is 217 Å². The molecule has 3 heterocycles. The number of hydrogen-bond acceptors (Lipinski definition) is 11. The van der Waals surface area contributed by atoms with Gasteiger partial charge in [-0.2, -0.15) is 8.42 Å². The van der Waals surface area contributed by atoms with Gasteiger partial charge in [0.05, 0.1) is 30.6 Å². The number of esters is 2. The number of H-pyrrole nitrogens is 2. The molecule has 50 heavy (non-hydrogen) atoms. The number of rotatable bonds is 17. The van der Waals surface area contributed by atoms with Gasteiger partial charge in [-0.3, -0.25) is 4.18 Å². The van der Waals surface area contributed by atoms with Crippen LogP contribution in [0.4, 0.5) is 0 Å². The lowest BCUT2D eigenvalue weighted by Crippen LogP contribution is -2.36. The van der Waals surface area contributed by atoms with Crippen LogP contribution < -0.4 is 5.32 Å². The molecule has 0 saturated carbocycles. The van der Waals surface area contributed by atoms with Crippen LogP contribution in [0.2, 0.25) is 0 Å². The molecule has 1 saturated heterocycles. The third-order valence-corrected chi connectivity index (χ3v) is 8.46. The van der Waals surface area contributed by atoms with Crippen LogP contribution in [0, 0.1) is 13.8 Å². The highest BCUT2D eigenvalue weighted by molar-refractivity contribution is 7.85. The van der Waals surface area contributed by atoms with E-state index in [1.54, 1.807) is 13.8 Å². The van der Waals surface area contributed by atoms with Crippen molar-refractivity contribution in [3.05, 3.63) is 45.0 Å². The van der Waals surface area contributed by atoms with Crippen LogP contribution in [0.1, 0.15) is 124 Å². The van der Waals surface area contributed by atoms with Crippen LogP contribution in [0.3, 0.4) is 0 Å². The van der Waals surface area contributed by atoms with E-state index >= 15 is 0 Å². The quantitative estimate of drug-likeness (QED) is 0.0883. The zero-order valence-electron chi connectivity index (χ0n) is 30.3. The Balaban J connectivity index is 0.000000377. The summed E-state index contributed by atoms with van der Waals surface area (Å²) in [5, 5.41) is 21.5. The van der Waals surface area contributed by atoms with Gasteiger partial charge < -0.3 is 39.9 Å². The van der Waals surface area contributed by atoms with Gasteiger partial charge in [0.15, 0.2) is 0 Å². The van der Waals surface area contributed by atoms with E-state index in [0.717, 1.165) is 38.0 Å². The third kappa shape index (κ3) is 13.9. The molecule has 0 unspecified atom stereocenters.